The van der Waals surface area contributed by atoms with Crippen LogP contribution in [-0.2, 0) is 4.79 Å². The van der Waals surface area contributed by atoms with Gasteiger partial charge in [-0.1, -0.05) is 19.8 Å². The lowest BCUT2D eigenvalue weighted by atomic mass is 10.2. The summed E-state index contributed by atoms with van der Waals surface area (Å²) in [5.41, 5.74) is 0.411. The molecule has 0 radical (unpaired) electrons. The predicted octanol–water partition coefficient (Wildman–Crippen LogP) is 3.38. The maximum Gasteiger partial charge on any atom is 0.311 e. The van der Waals surface area contributed by atoms with Gasteiger partial charge in [-0.3, -0.25) is 4.79 Å². The third-order valence-electron chi connectivity index (χ3n) is 2.62. The zero-order valence-electron chi connectivity index (χ0n) is 11.2. The van der Waals surface area contributed by atoms with E-state index in [0.29, 0.717) is 17.9 Å². The van der Waals surface area contributed by atoms with Crippen molar-refractivity contribution in [2.24, 2.45) is 0 Å². The quantitative estimate of drug-likeness (QED) is 0.442. The van der Waals surface area contributed by atoms with Crippen LogP contribution in [0.1, 0.15) is 32.6 Å². The Morgan fingerprint density at radius 2 is 2.06 bits per heavy atom. The van der Waals surface area contributed by atoms with Crippen LogP contribution in [0.25, 0.3) is 0 Å². The first-order chi connectivity index (χ1) is 8.54. The second-order valence-corrected chi connectivity index (χ2v) is 4.44. The topological polar surface area (TPSA) is 29.5 Å². The summed E-state index contributed by atoms with van der Waals surface area (Å²) in [5, 5.41) is 0. The Bertz CT molecular complexity index is 405. The minimum Gasteiger partial charge on any atom is -0.426 e. The first-order valence-corrected chi connectivity index (χ1v) is 6.22. The molecule has 0 atom stereocenters. The average Bonchev–Trinajstić information content (AvgIpc) is 2.31. The molecule has 1 aromatic rings. The van der Waals surface area contributed by atoms with Crippen LogP contribution in [0, 0.1) is 5.82 Å². The predicted molar refractivity (Wildman–Crippen MR) is 70.5 cm³/mol. The molecule has 100 valence electrons. The van der Waals surface area contributed by atoms with E-state index < -0.39 is 0 Å². The Kier molecular flexibility index (Phi) is 5.62. The molecule has 4 heteroatoms. The van der Waals surface area contributed by atoms with Crippen LogP contribution in [0.5, 0.6) is 5.75 Å². The zero-order chi connectivity index (χ0) is 13.5. The summed E-state index contributed by atoms with van der Waals surface area (Å²) in [7, 11) is 3.48. The van der Waals surface area contributed by atoms with Gasteiger partial charge in [0.2, 0.25) is 0 Å². The van der Waals surface area contributed by atoms with E-state index in [1.807, 2.05) is 0 Å². The number of hydrogen-bond donors (Lipinski definition) is 0. The van der Waals surface area contributed by atoms with Crippen molar-refractivity contribution in [1.82, 2.24) is 0 Å². The van der Waals surface area contributed by atoms with Crippen LogP contribution in [0.4, 0.5) is 10.1 Å². The van der Waals surface area contributed by atoms with E-state index in [1.165, 1.54) is 18.2 Å². The van der Waals surface area contributed by atoms with Gasteiger partial charge in [0.05, 0.1) is 5.69 Å². The van der Waals surface area contributed by atoms with Crippen molar-refractivity contribution in [3.8, 4) is 5.75 Å². The second kappa shape index (κ2) is 6.99. The fraction of sp³-hybridized carbons (Fsp3) is 0.500. The van der Waals surface area contributed by atoms with Crippen molar-refractivity contribution in [1.29, 1.82) is 0 Å². The van der Waals surface area contributed by atoms with Crippen LogP contribution in [0.2, 0.25) is 0 Å². The van der Waals surface area contributed by atoms with Crippen LogP contribution >= 0.6 is 0 Å². The van der Waals surface area contributed by atoms with Crippen molar-refractivity contribution in [3.63, 3.8) is 0 Å². The number of nitrogens with zero attached hydrogens (tertiary/aromatic N) is 1. The lowest BCUT2D eigenvalue weighted by Crippen LogP contribution is -2.12. The normalized spacial score (nSPS) is 10.2. The van der Waals surface area contributed by atoms with Gasteiger partial charge in [0.15, 0.2) is 0 Å². The first-order valence-electron chi connectivity index (χ1n) is 6.22. The van der Waals surface area contributed by atoms with Gasteiger partial charge >= 0.3 is 5.97 Å². The molecule has 0 aliphatic rings. The van der Waals surface area contributed by atoms with Gasteiger partial charge in [-0.2, -0.15) is 0 Å². The molecule has 0 unspecified atom stereocenters. The number of carbonyl (C=O) groups is 1. The minimum atomic E-state index is -0.328. The lowest BCUT2D eigenvalue weighted by molar-refractivity contribution is -0.134. The smallest absolute Gasteiger partial charge is 0.311 e. The van der Waals surface area contributed by atoms with Gasteiger partial charge in [0.25, 0.3) is 0 Å². The number of anilines is 1. The molecule has 0 fully saturated rings. The molecule has 0 bridgehead atoms. The van der Waals surface area contributed by atoms with E-state index in [0.717, 1.165) is 19.3 Å². The van der Waals surface area contributed by atoms with E-state index in [1.54, 1.807) is 19.0 Å². The number of benzene rings is 1. The summed E-state index contributed by atoms with van der Waals surface area (Å²) in [6.45, 7) is 2.08. The maximum absolute atomic E-state index is 13.4. The highest BCUT2D eigenvalue weighted by atomic mass is 19.1. The van der Waals surface area contributed by atoms with Crippen LogP contribution < -0.4 is 9.64 Å². The molecule has 3 nitrogen and oxygen atoms in total. The van der Waals surface area contributed by atoms with Crippen LogP contribution in [0.3, 0.4) is 0 Å². The Morgan fingerprint density at radius 3 is 2.67 bits per heavy atom. The number of unbranched alkanes of at least 4 members (excludes halogenated alkanes) is 2. The Balaban J connectivity index is 2.62. The molecular weight excluding hydrogens is 233 g/mol. The molecule has 0 heterocycles. The molecular formula is C14H20FNO2. The highest BCUT2D eigenvalue weighted by Gasteiger charge is 2.09. The van der Waals surface area contributed by atoms with Gasteiger partial charge in [-0.15, -0.1) is 0 Å². The summed E-state index contributed by atoms with van der Waals surface area (Å²) < 4.78 is 18.6. The largest absolute Gasteiger partial charge is 0.426 e. The summed E-state index contributed by atoms with van der Waals surface area (Å²) in [6.07, 6.45) is 3.32. The molecule has 1 aromatic carbocycles. The fourth-order valence-corrected chi connectivity index (χ4v) is 1.60. The fourth-order valence-electron chi connectivity index (χ4n) is 1.60. The lowest BCUT2D eigenvalue weighted by Gasteiger charge is -2.14. The summed E-state index contributed by atoms with van der Waals surface area (Å²) in [4.78, 5) is 13.2. The molecule has 0 aromatic heterocycles. The molecule has 0 saturated heterocycles. The maximum atomic E-state index is 13.4. The third kappa shape index (κ3) is 4.35. The molecule has 0 aliphatic carbocycles. The third-order valence-corrected chi connectivity index (χ3v) is 2.62. The Labute approximate surface area is 108 Å². The van der Waals surface area contributed by atoms with Crippen molar-refractivity contribution < 1.29 is 13.9 Å². The summed E-state index contributed by atoms with van der Waals surface area (Å²) in [5.74, 6) is -0.202. The number of carbonyl (C=O) groups excluding carboxylic acids is 1. The number of hydrogen-bond acceptors (Lipinski definition) is 3. The van der Waals surface area contributed by atoms with Gasteiger partial charge in [-0.05, 0) is 18.6 Å². The van der Waals surface area contributed by atoms with E-state index in [9.17, 15) is 9.18 Å². The average molecular weight is 253 g/mol. The molecule has 0 amide bonds. The number of rotatable bonds is 6. The molecule has 0 N–H and O–H groups in total. The summed E-state index contributed by atoms with van der Waals surface area (Å²) >= 11 is 0. The molecule has 1 rings (SSSR count). The molecule has 0 saturated carbocycles. The van der Waals surface area contributed by atoms with E-state index in [2.05, 4.69) is 6.92 Å². The van der Waals surface area contributed by atoms with Crippen LogP contribution in [0.15, 0.2) is 18.2 Å². The minimum absolute atomic E-state index is 0.264. The van der Waals surface area contributed by atoms with Crippen molar-refractivity contribution in [2.75, 3.05) is 19.0 Å². The zero-order valence-corrected chi connectivity index (χ0v) is 11.2. The summed E-state index contributed by atoms with van der Waals surface area (Å²) in [6, 6.07) is 4.32. The van der Waals surface area contributed by atoms with Gasteiger partial charge in [-0.25, -0.2) is 4.39 Å². The Hall–Kier alpha value is -1.58. The SMILES string of the molecule is CCCCCC(=O)Oc1ccc(F)c(N(C)C)c1. The number of esters is 1. The van der Waals surface area contributed by atoms with Crippen molar-refractivity contribution in [2.45, 2.75) is 32.6 Å². The van der Waals surface area contributed by atoms with Crippen molar-refractivity contribution in [3.05, 3.63) is 24.0 Å². The molecule has 18 heavy (non-hydrogen) atoms. The standard InChI is InChI=1S/C14H20FNO2/c1-4-5-6-7-14(17)18-11-8-9-12(15)13(10-11)16(2)3/h8-10H,4-7H2,1-3H3. The highest BCUT2D eigenvalue weighted by molar-refractivity contribution is 5.72. The van der Waals surface area contributed by atoms with Crippen LogP contribution in [-0.4, -0.2) is 20.1 Å². The van der Waals surface area contributed by atoms with E-state index in [-0.39, 0.29) is 11.8 Å². The number of ether oxygens (including phenoxy) is 1. The van der Waals surface area contributed by atoms with Crippen molar-refractivity contribution >= 4 is 11.7 Å². The monoisotopic (exact) mass is 253 g/mol. The van der Waals surface area contributed by atoms with Gasteiger partial charge < -0.3 is 9.64 Å². The molecule has 0 aliphatic heterocycles. The first kappa shape index (κ1) is 14.5. The van der Waals surface area contributed by atoms with Gasteiger partial charge in [0.1, 0.15) is 11.6 Å². The molecule has 0 spiro atoms. The highest BCUT2D eigenvalue weighted by Crippen LogP contribution is 2.23. The van der Waals surface area contributed by atoms with E-state index >= 15 is 0 Å². The number of halogens is 1. The second-order valence-electron chi connectivity index (χ2n) is 4.44. The Morgan fingerprint density at radius 1 is 1.33 bits per heavy atom. The van der Waals surface area contributed by atoms with Gasteiger partial charge in [0, 0.05) is 26.6 Å². The van der Waals surface area contributed by atoms with E-state index in [4.69, 9.17) is 4.74 Å².